The Bertz CT molecular complexity index is 1150. The second-order valence-electron chi connectivity index (χ2n) is 6.68. The molecular formula is C22H21F2N5O3S. The van der Waals surface area contributed by atoms with Crippen LogP contribution in [0.2, 0.25) is 0 Å². The summed E-state index contributed by atoms with van der Waals surface area (Å²) in [6.07, 6.45) is 1.70. The summed E-state index contributed by atoms with van der Waals surface area (Å²) in [4.78, 5) is 24.1. The van der Waals surface area contributed by atoms with Crippen molar-refractivity contribution in [3.63, 3.8) is 0 Å². The van der Waals surface area contributed by atoms with Gasteiger partial charge in [-0.1, -0.05) is 17.8 Å². The highest BCUT2D eigenvalue weighted by Gasteiger charge is 2.15. The fraction of sp³-hybridized carbons (Fsp3) is 0.182. The van der Waals surface area contributed by atoms with Gasteiger partial charge in [-0.05, 0) is 36.4 Å². The molecule has 0 aliphatic rings. The summed E-state index contributed by atoms with van der Waals surface area (Å²) in [6.45, 7) is 3.87. The van der Waals surface area contributed by atoms with Crippen molar-refractivity contribution >= 4 is 29.3 Å². The van der Waals surface area contributed by atoms with Crippen molar-refractivity contribution in [2.75, 3.05) is 24.7 Å². The van der Waals surface area contributed by atoms with Gasteiger partial charge < -0.3 is 15.4 Å². The first-order chi connectivity index (χ1) is 15.9. The predicted molar refractivity (Wildman–Crippen MR) is 121 cm³/mol. The number of aromatic nitrogens is 3. The molecule has 2 N–H and O–H groups in total. The molecule has 8 nitrogen and oxygen atoms in total. The van der Waals surface area contributed by atoms with Crippen LogP contribution in [-0.2, 0) is 16.1 Å². The molecule has 2 amide bonds. The van der Waals surface area contributed by atoms with E-state index in [9.17, 15) is 18.4 Å². The first-order valence-electron chi connectivity index (χ1n) is 9.74. The van der Waals surface area contributed by atoms with Crippen LogP contribution in [-0.4, -0.2) is 46.0 Å². The maximum atomic E-state index is 13.2. The van der Waals surface area contributed by atoms with E-state index in [1.807, 2.05) is 28.8 Å². The number of hydrogen-bond acceptors (Lipinski definition) is 6. The second-order valence-corrected chi connectivity index (χ2v) is 7.62. The molecular weight excluding hydrogens is 452 g/mol. The molecule has 0 aliphatic heterocycles. The molecule has 1 heterocycles. The second kappa shape index (κ2) is 11.2. The third-order valence-corrected chi connectivity index (χ3v) is 5.33. The van der Waals surface area contributed by atoms with E-state index in [4.69, 9.17) is 4.74 Å². The topological polar surface area (TPSA) is 98.1 Å². The normalized spacial score (nSPS) is 10.5. The van der Waals surface area contributed by atoms with E-state index in [2.05, 4.69) is 27.4 Å². The van der Waals surface area contributed by atoms with E-state index in [1.54, 1.807) is 13.2 Å². The maximum absolute atomic E-state index is 13.2. The lowest BCUT2D eigenvalue weighted by Crippen LogP contribution is -2.34. The van der Waals surface area contributed by atoms with Crippen LogP contribution in [0.1, 0.15) is 0 Å². The molecule has 11 heteroatoms. The Morgan fingerprint density at radius 1 is 1.12 bits per heavy atom. The highest BCUT2D eigenvalue weighted by molar-refractivity contribution is 7.99. The van der Waals surface area contributed by atoms with Gasteiger partial charge in [0.05, 0.1) is 19.4 Å². The highest BCUT2D eigenvalue weighted by Crippen LogP contribution is 2.25. The van der Waals surface area contributed by atoms with Gasteiger partial charge in [0.25, 0.3) is 0 Å². The lowest BCUT2D eigenvalue weighted by molar-refractivity contribution is -0.122. The van der Waals surface area contributed by atoms with Crippen molar-refractivity contribution < 1.29 is 23.1 Å². The van der Waals surface area contributed by atoms with Gasteiger partial charge >= 0.3 is 0 Å². The Hall–Kier alpha value is -3.73. The molecule has 0 radical (unpaired) electrons. The number of rotatable bonds is 10. The zero-order chi connectivity index (χ0) is 23.8. The number of ether oxygens (including phenoxy) is 1. The predicted octanol–water partition coefficient (Wildman–Crippen LogP) is 3.26. The number of allylic oxidation sites excluding steroid dienone is 1. The van der Waals surface area contributed by atoms with E-state index in [0.29, 0.717) is 23.3 Å². The van der Waals surface area contributed by atoms with E-state index >= 15 is 0 Å². The zero-order valence-electron chi connectivity index (χ0n) is 17.7. The Morgan fingerprint density at radius 2 is 1.88 bits per heavy atom. The number of anilines is 1. The lowest BCUT2D eigenvalue weighted by atomic mass is 10.2. The number of hydrogen-bond donors (Lipinski definition) is 2. The van der Waals surface area contributed by atoms with Gasteiger partial charge in [0.1, 0.15) is 5.75 Å². The molecule has 1 aromatic heterocycles. The summed E-state index contributed by atoms with van der Waals surface area (Å²) in [7, 11) is 1.58. The Morgan fingerprint density at radius 3 is 2.55 bits per heavy atom. The largest absolute Gasteiger partial charge is 0.497 e. The molecule has 0 saturated heterocycles. The van der Waals surface area contributed by atoms with Gasteiger partial charge in [0.15, 0.2) is 22.6 Å². The van der Waals surface area contributed by atoms with Crippen LogP contribution in [0, 0.1) is 11.6 Å². The minimum absolute atomic E-state index is 0.00363. The van der Waals surface area contributed by atoms with Gasteiger partial charge in [0.2, 0.25) is 11.8 Å². The molecule has 2 aromatic carbocycles. The fourth-order valence-electron chi connectivity index (χ4n) is 2.78. The summed E-state index contributed by atoms with van der Waals surface area (Å²) in [6, 6.07) is 10.3. The number of methoxy groups -OCH3 is 1. The number of nitrogens with zero attached hydrogens (tertiary/aromatic N) is 3. The molecule has 3 rings (SSSR count). The van der Waals surface area contributed by atoms with Gasteiger partial charge in [0, 0.05) is 23.9 Å². The SMILES string of the molecule is C=CCn1c(SCC(=O)NCC(=O)Nc2ccc(F)c(F)c2)nnc1-c1ccc(OC)cc1. The van der Waals surface area contributed by atoms with Crippen LogP contribution in [0.3, 0.4) is 0 Å². The van der Waals surface area contributed by atoms with E-state index in [-0.39, 0.29) is 18.0 Å². The summed E-state index contributed by atoms with van der Waals surface area (Å²) in [5.74, 6) is -1.74. The Balaban J connectivity index is 1.55. The van der Waals surface area contributed by atoms with Crippen molar-refractivity contribution in [1.82, 2.24) is 20.1 Å². The highest BCUT2D eigenvalue weighted by atomic mass is 32.2. The molecule has 33 heavy (non-hydrogen) atoms. The summed E-state index contributed by atoms with van der Waals surface area (Å²) in [5.41, 5.74) is 0.918. The van der Waals surface area contributed by atoms with Crippen LogP contribution in [0.5, 0.6) is 5.75 Å². The number of benzene rings is 2. The van der Waals surface area contributed by atoms with Crippen LogP contribution < -0.4 is 15.4 Å². The smallest absolute Gasteiger partial charge is 0.243 e. The van der Waals surface area contributed by atoms with Crippen molar-refractivity contribution in [3.05, 3.63) is 66.8 Å². The third kappa shape index (κ3) is 6.39. The average molecular weight is 474 g/mol. The Labute approximate surface area is 193 Å². The molecule has 172 valence electrons. The van der Waals surface area contributed by atoms with Gasteiger partial charge in [-0.2, -0.15) is 0 Å². The maximum Gasteiger partial charge on any atom is 0.243 e. The standard InChI is InChI=1S/C22H21F2N5O3S/c1-3-10-29-21(14-4-7-16(32-2)8-5-14)27-28-22(29)33-13-20(31)25-12-19(30)26-15-6-9-17(23)18(24)11-15/h3-9,11H,1,10,12-13H2,2H3,(H,25,31)(H,26,30). The number of carbonyl (C=O) groups is 2. The van der Waals surface area contributed by atoms with E-state index in [0.717, 1.165) is 29.5 Å². The molecule has 0 spiro atoms. The van der Waals surface area contributed by atoms with Crippen molar-refractivity contribution in [1.29, 1.82) is 0 Å². The molecule has 0 aliphatic carbocycles. The number of thioether (sulfide) groups is 1. The van der Waals surface area contributed by atoms with Crippen molar-refractivity contribution in [2.45, 2.75) is 11.7 Å². The minimum atomic E-state index is -1.08. The van der Waals surface area contributed by atoms with Crippen LogP contribution in [0.4, 0.5) is 14.5 Å². The number of halogens is 2. The van der Waals surface area contributed by atoms with E-state index in [1.165, 1.54) is 6.07 Å². The molecule has 0 unspecified atom stereocenters. The third-order valence-electron chi connectivity index (χ3n) is 4.36. The molecule has 3 aromatic rings. The minimum Gasteiger partial charge on any atom is -0.497 e. The van der Waals surface area contributed by atoms with Gasteiger partial charge in [-0.25, -0.2) is 8.78 Å². The molecule has 0 fully saturated rings. The van der Waals surface area contributed by atoms with Crippen LogP contribution >= 0.6 is 11.8 Å². The fourth-order valence-corrected chi connectivity index (χ4v) is 3.56. The average Bonchev–Trinajstić information content (AvgIpc) is 3.21. The van der Waals surface area contributed by atoms with E-state index < -0.39 is 23.4 Å². The van der Waals surface area contributed by atoms with Gasteiger partial charge in [-0.15, -0.1) is 16.8 Å². The summed E-state index contributed by atoms with van der Waals surface area (Å²) in [5, 5.41) is 13.8. The quantitative estimate of drug-likeness (QED) is 0.347. The molecule has 0 atom stereocenters. The number of amides is 2. The molecule has 0 saturated carbocycles. The number of nitrogens with one attached hydrogen (secondary N) is 2. The number of carbonyl (C=O) groups excluding carboxylic acids is 2. The summed E-state index contributed by atoms with van der Waals surface area (Å²) >= 11 is 1.16. The first kappa shape index (κ1) is 23.9. The van der Waals surface area contributed by atoms with Crippen LogP contribution in [0.15, 0.2) is 60.3 Å². The van der Waals surface area contributed by atoms with Gasteiger partial charge in [-0.3, -0.25) is 14.2 Å². The first-order valence-corrected chi connectivity index (χ1v) is 10.7. The lowest BCUT2D eigenvalue weighted by Gasteiger charge is -2.09. The summed E-state index contributed by atoms with van der Waals surface area (Å²) < 4.78 is 33.2. The van der Waals surface area contributed by atoms with Crippen molar-refractivity contribution in [3.8, 4) is 17.1 Å². The monoisotopic (exact) mass is 473 g/mol. The molecule has 0 bridgehead atoms. The van der Waals surface area contributed by atoms with Crippen LogP contribution in [0.25, 0.3) is 11.4 Å². The van der Waals surface area contributed by atoms with Crippen molar-refractivity contribution in [2.24, 2.45) is 0 Å². The zero-order valence-corrected chi connectivity index (χ0v) is 18.5. The Kier molecular flexibility index (Phi) is 8.14.